The van der Waals surface area contributed by atoms with E-state index in [0.717, 1.165) is 16.6 Å². The van der Waals surface area contributed by atoms with Crippen LogP contribution in [0.3, 0.4) is 0 Å². The Morgan fingerprint density at radius 3 is 2.80 bits per heavy atom. The minimum atomic E-state index is 0.0689. The van der Waals surface area contributed by atoms with Crippen molar-refractivity contribution in [2.45, 2.75) is 19.4 Å². The SMILES string of the molecule is CC(N)Cc1nc(Cl)nc2ccccc12. The summed E-state index contributed by atoms with van der Waals surface area (Å²) in [6.45, 7) is 1.95. The fourth-order valence-corrected chi connectivity index (χ4v) is 1.76. The van der Waals surface area contributed by atoms with E-state index in [9.17, 15) is 0 Å². The van der Waals surface area contributed by atoms with E-state index in [1.165, 1.54) is 0 Å². The fraction of sp³-hybridized carbons (Fsp3) is 0.273. The van der Waals surface area contributed by atoms with E-state index in [0.29, 0.717) is 6.42 Å². The van der Waals surface area contributed by atoms with Gasteiger partial charge in [-0.15, -0.1) is 0 Å². The molecule has 0 aliphatic carbocycles. The third kappa shape index (κ3) is 2.25. The van der Waals surface area contributed by atoms with Crippen LogP contribution in [-0.4, -0.2) is 16.0 Å². The minimum absolute atomic E-state index is 0.0689. The minimum Gasteiger partial charge on any atom is -0.328 e. The van der Waals surface area contributed by atoms with Crippen molar-refractivity contribution in [1.29, 1.82) is 0 Å². The van der Waals surface area contributed by atoms with Gasteiger partial charge in [-0.1, -0.05) is 18.2 Å². The van der Waals surface area contributed by atoms with Gasteiger partial charge in [-0.3, -0.25) is 0 Å². The van der Waals surface area contributed by atoms with Crippen LogP contribution >= 0.6 is 11.6 Å². The van der Waals surface area contributed by atoms with Crippen molar-refractivity contribution in [3.8, 4) is 0 Å². The number of hydrogen-bond acceptors (Lipinski definition) is 3. The molecule has 2 rings (SSSR count). The van der Waals surface area contributed by atoms with E-state index >= 15 is 0 Å². The normalized spacial score (nSPS) is 13.0. The third-order valence-corrected chi connectivity index (χ3v) is 2.34. The van der Waals surface area contributed by atoms with Gasteiger partial charge in [0.2, 0.25) is 5.28 Å². The predicted molar refractivity (Wildman–Crippen MR) is 61.9 cm³/mol. The Balaban J connectivity index is 2.60. The van der Waals surface area contributed by atoms with Gasteiger partial charge in [-0.2, -0.15) is 0 Å². The van der Waals surface area contributed by atoms with E-state index in [2.05, 4.69) is 9.97 Å². The first-order valence-corrected chi connectivity index (χ1v) is 5.21. The van der Waals surface area contributed by atoms with Gasteiger partial charge in [-0.05, 0) is 24.6 Å². The summed E-state index contributed by atoms with van der Waals surface area (Å²) in [5.41, 5.74) is 7.55. The van der Waals surface area contributed by atoms with E-state index in [4.69, 9.17) is 17.3 Å². The second-order valence-electron chi connectivity index (χ2n) is 3.64. The standard InChI is InChI=1S/C11H12ClN3/c1-7(13)6-10-8-4-2-3-5-9(8)14-11(12)15-10/h2-5,7H,6,13H2,1H3. The smallest absolute Gasteiger partial charge is 0.223 e. The van der Waals surface area contributed by atoms with Crippen molar-refractivity contribution in [3.05, 3.63) is 35.2 Å². The average Bonchev–Trinajstić information content (AvgIpc) is 2.16. The lowest BCUT2D eigenvalue weighted by atomic mass is 10.1. The Morgan fingerprint density at radius 1 is 1.33 bits per heavy atom. The van der Waals surface area contributed by atoms with Crippen molar-refractivity contribution in [1.82, 2.24) is 9.97 Å². The number of aromatic nitrogens is 2. The molecule has 0 amide bonds. The predicted octanol–water partition coefficient (Wildman–Crippen LogP) is 2.17. The Morgan fingerprint density at radius 2 is 2.07 bits per heavy atom. The average molecular weight is 222 g/mol. The summed E-state index contributed by atoms with van der Waals surface area (Å²) in [6, 6.07) is 7.88. The van der Waals surface area contributed by atoms with Crippen molar-refractivity contribution in [2.24, 2.45) is 5.73 Å². The summed E-state index contributed by atoms with van der Waals surface area (Å²) >= 11 is 5.84. The summed E-state index contributed by atoms with van der Waals surface area (Å²) < 4.78 is 0. The zero-order valence-electron chi connectivity index (χ0n) is 8.44. The topological polar surface area (TPSA) is 51.8 Å². The summed E-state index contributed by atoms with van der Waals surface area (Å²) in [5.74, 6) is 0. The number of fused-ring (bicyclic) bond motifs is 1. The molecule has 0 saturated carbocycles. The van der Waals surface area contributed by atoms with Crippen molar-refractivity contribution in [3.63, 3.8) is 0 Å². The third-order valence-electron chi connectivity index (χ3n) is 2.17. The maximum atomic E-state index is 5.84. The molecule has 0 spiro atoms. The molecule has 1 heterocycles. The molecule has 1 unspecified atom stereocenters. The summed E-state index contributed by atoms with van der Waals surface area (Å²) in [5, 5.41) is 1.31. The number of halogens is 1. The van der Waals surface area contributed by atoms with Crippen molar-refractivity contribution in [2.75, 3.05) is 0 Å². The number of nitrogens with zero attached hydrogens (tertiary/aromatic N) is 2. The highest BCUT2D eigenvalue weighted by Gasteiger charge is 2.07. The molecule has 0 fully saturated rings. The second-order valence-corrected chi connectivity index (χ2v) is 3.98. The highest BCUT2D eigenvalue weighted by atomic mass is 35.5. The summed E-state index contributed by atoms with van der Waals surface area (Å²) in [7, 11) is 0. The summed E-state index contributed by atoms with van der Waals surface area (Å²) in [6.07, 6.45) is 0.711. The first kappa shape index (κ1) is 10.3. The molecule has 0 bridgehead atoms. The van der Waals surface area contributed by atoms with Crippen LogP contribution in [0.15, 0.2) is 24.3 Å². The molecule has 78 valence electrons. The van der Waals surface area contributed by atoms with Crippen molar-refractivity contribution < 1.29 is 0 Å². The molecular formula is C11H12ClN3. The Bertz CT molecular complexity index is 482. The van der Waals surface area contributed by atoms with Crippen LogP contribution in [0.25, 0.3) is 10.9 Å². The van der Waals surface area contributed by atoms with Crippen LogP contribution in [0, 0.1) is 0 Å². The second kappa shape index (κ2) is 4.13. The van der Waals surface area contributed by atoms with E-state index in [1.807, 2.05) is 31.2 Å². The molecule has 0 aliphatic rings. The molecule has 15 heavy (non-hydrogen) atoms. The molecule has 3 nitrogen and oxygen atoms in total. The molecule has 4 heteroatoms. The van der Waals surface area contributed by atoms with Gasteiger partial charge in [0.1, 0.15) is 0 Å². The Labute approximate surface area is 93.3 Å². The number of para-hydroxylation sites is 1. The lowest BCUT2D eigenvalue weighted by Crippen LogP contribution is -2.18. The molecule has 2 aromatic rings. The van der Waals surface area contributed by atoms with Crippen molar-refractivity contribution >= 4 is 22.5 Å². The summed E-state index contributed by atoms with van der Waals surface area (Å²) in [4.78, 5) is 8.37. The molecule has 2 N–H and O–H groups in total. The van der Waals surface area contributed by atoms with Gasteiger partial charge in [0.15, 0.2) is 0 Å². The molecule has 0 radical (unpaired) electrons. The van der Waals surface area contributed by atoms with Gasteiger partial charge in [0, 0.05) is 17.8 Å². The van der Waals surface area contributed by atoms with Crippen LogP contribution in [0.2, 0.25) is 5.28 Å². The van der Waals surface area contributed by atoms with Crippen LogP contribution < -0.4 is 5.73 Å². The van der Waals surface area contributed by atoms with Gasteiger partial charge >= 0.3 is 0 Å². The zero-order chi connectivity index (χ0) is 10.8. The maximum absolute atomic E-state index is 5.84. The van der Waals surface area contributed by atoms with Gasteiger partial charge in [0.05, 0.1) is 11.2 Å². The Kier molecular flexibility index (Phi) is 2.84. The van der Waals surface area contributed by atoms with Gasteiger partial charge in [0.25, 0.3) is 0 Å². The Hall–Kier alpha value is -1.19. The van der Waals surface area contributed by atoms with Crippen LogP contribution in [0.1, 0.15) is 12.6 Å². The molecule has 0 aliphatic heterocycles. The molecular weight excluding hydrogens is 210 g/mol. The van der Waals surface area contributed by atoms with Gasteiger partial charge in [-0.25, -0.2) is 9.97 Å². The lowest BCUT2D eigenvalue weighted by Gasteiger charge is -2.07. The van der Waals surface area contributed by atoms with E-state index < -0.39 is 0 Å². The fourth-order valence-electron chi connectivity index (χ4n) is 1.57. The van der Waals surface area contributed by atoms with Crippen LogP contribution in [-0.2, 0) is 6.42 Å². The molecule has 1 aromatic heterocycles. The zero-order valence-corrected chi connectivity index (χ0v) is 9.20. The lowest BCUT2D eigenvalue weighted by molar-refractivity contribution is 0.725. The number of hydrogen-bond donors (Lipinski definition) is 1. The number of benzene rings is 1. The van der Waals surface area contributed by atoms with E-state index in [1.54, 1.807) is 0 Å². The maximum Gasteiger partial charge on any atom is 0.223 e. The van der Waals surface area contributed by atoms with E-state index in [-0.39, 0.29) is 11.3 Å². The van der Waals surface area contributed by atoms with Gasteiger partial charge < -0.3 is 5.73 Å². The van der Waals surface area contributed by atoms with Crippen LogP contribution in [0.5, 0.6) is 0 Å². The molecule has 1 atom stereocenters. The van der Waals surface area contributed by atoms with Crippen LogP contribution in [0.4, 0.5) is 0 Å². The number of nitrogens with two attached hydrogens (primary N) is 1. The monoisotopic (exact) mass is 221 g/mol. The number of rotatable bonds is 2. The molecule has 0 saturated heterocycles. The highest BCUT2D eigenvalue weighted by Crippen LogP contribution is 2.18. The molecule has 1 aromatic carbocycles. The first-order chi connectivity index (χ1) is 7.16. The largest absolute Gasteiger partial charge is 0.328 e. The first-order valence-electron chi connectivity index (χ1n) is 4.83. The highest BCUT2D eigenvalue weighted by molar-refractivity contribution is 6.28. The quantitative estimate of drug-likeness (QED) is 0.791.